The number of aliphatic imine (C=N–C) groups is 1. The molecule has 1 aliphatic heterocycles. The van der Waals surface area contributed by atoms with Gasteiger partial charge in [-0.25, -0.2) is 0 Å². The van der Waals surface area contributed by atoms with Crippen LogP contribution in [0.5, 0.6) is 5.75 Å². The van der Waals surface area contributed by atoms with Gasteiger partial charge in [0.1, 0.15) is 11.9 Å². The molecule has 152 valence electrons. The third-order valence-corrected chi connectivity index (χ3v) is 4.99. The number of guanidine groups is 1. The fourth-order valence-electron chi connectivity index (χ4n) is 3.15. The summed E-state index contributed by atoms with van der Waals surface area (Å²) < 4.78 is 6.00. The molecule has 0 spiro atoms. The van der Waals surface area contributed by atoms with E-state index in [2.05, 4.69) is 52.4 Å². The van der Waals surface area contributed by atoms with E-state index in [0.717, 1.165) is 36.8 Å². The van der Waals surface area contributed by atoms with Crippen molar-refractivity contribution in [1.82, 2.24) is 20.4 Å². The van der Waals surface area contributed by atoms with Crippen LogP contribution in [0.2, 0.25) is 0 Å². The van der Waals surface area contributed by atoms with Crippen molar-refractivity contribution < 1.29 is 4.74 Å². The third-order valence-electron chi connectivity index (χ3n) is 4.99. The largest absolute Gasteiger partial charge is 0.489 e. The van der Waals surface area contributed by atoms with Crippen LogP contribution in [-0.4, -0.2) is 81.8 Å². The molecule has 0 radical (unpaired) electrons. The number of nitrogens with one attached hydrogen (secondary N) is 2. The number of para-hydroxylation sites is 1. The van der Waals surface area contributed by atoms with Crippen LogP contribution in [0.15, 0.2) is 29.3 Å². The molecule has 0 aliphatic carbocycles. The predicted octanol–water partition coefficient (Wildman–Crippen LogP) is 1.95. The average molecular weight is 376 g/mol. The number of nitrogens with zero attached hydrogens (tertiary/aromatic N) is 3. The second kappa shape index (κ2) is 11.8. The molecule has 1 atom stereocenters. The fourth-order valence-corrected chi connectivity index (χ4v) is 3.15. The number of rotatable bonds is 9. The molecule has 27 heavy (non-hydrogen) atoms. The molecule has 0 aromatic heterocycles. The first-order valence-corrected chi connectivity index (χ1v) is 10.2. The van der Waals surface area contributed by atoms with Crippen molar-refractivity contribution in [3.8, 4) is 5.75 Å². The van der Waals surface area contributed by atoms with Gasteiger partial charge in [-0.1, -0.05) is 18.2 Å². The van der Waals surface area contributed by atoms with Gasteiger partial charge >= 0.3 is 0 Å². The van der Waals surface area contributed by atoms with E-state index in [1.165, 1.54) is 39.1 Å². The first kappa shape index (κ1) is 21.5. The summed E-state index contributed by atoms with van der Waals surface area (Å²) in [6.07, 6.45) is 2.45. The number of ether oxygens (including phenoxy) is 1. The Bertz CT molecular complexity index is 569. The zero-order valence-corrected chi connectivity index (χ0v) is 17.5. The highest BCUT2D eigenvalue weighted by Crippen LogP contribution is 2.17. The van der Waals surface area contributed by atoms with Crippen LogP contribution in [0, 0.1) is 6.92 Å². The summed E-state index contributed by atoms with van der Waals surface area (Å²) in [6.45, 7) is 11.8. The number of hydrogen-bond acceptors (Lipinski definition) is 4. The Kier molecular flexibility index (Phi) is 9.42. The summed E-state index contributed by atoms with van der Waals surface area (Å²) in [6, 6.07) is 8.11. The zero-order valence-electron chi connectivity index (χ0n) is 17.5. The lowest BCUT2D eigenvalue weighted by molar-refractivity contribution is 0.152. The summed E-state index contributed by atoms with van der Waals surface area (Å²) >= 11 is 0. The molecule has 1 fully saturated rings. The Morgan fingerprint density at radius 2 is 1.89 bits per heavy atom. The number of benzene rings is 1. The Balaban J connectivity index is 1.56. The van der Waals surface area contributed by atoms with Gasteiger partial charge in [0, 0.05) is 39.8 Å². The second-order valence-corrected chi connectivity index (χ2v) is 7.43. The number of hydrogen-bond donors (Lipinski definition) is 2. The smallest absolute Gasteiger partial charge is 0.191 e. The van der Waals surface area contributed by atoms with E-state index in [1.807, 2.05) is 25.2 Å². The van der Waals surface area contributed by atoms with Crippen LogP contribution >= 0.6 is 0 Å². The first-order chi connectivity index (χ1) is 13.1. The Hall–Kier alpha value is -1.79. The first-order valence-electron chi connectivity index (χ1n) is 10.2. The average Bonchev–Trinajstić information content (AvgIpc) is 2.67. The predicted molar refractivity (Wildman–Crippen MR) is 114 cm³/mol. The van der Waals surface area contributed by atoms with Crippen LogP contribution in [-0.2, 0) is 0 Å². The van der Waals surface area contributed by atoms with Gasteiger partial charge in [0.2, 0.25) is 0 Å². The molecule has 6 heteroatoms. The van der Waals surface area contributed by atoms with E-state index in [-0.39, 0.29) is 6.10 Å². The van der Waals surface area contributed by atoms with Crippen LogP contribution in [0.25, 0.3) is 0 Å². The minimum Gasteiger partial charge on any atom is -0.489 e. The molecule has 2 rings (SSSR count). The van der Waals surface area contributed by atoms with Gasteiger partial charge in [0.25, 0.3) is 0 Å². The number of piperazine rings is 1. The van der Waals surface area contributed by atoms with Crippen molar-refractivity contribution in [1.29, 1.82) is 0 Å². The molecule has 1 saturated heterocycles. The molecule has 1 heterocycles. The van der Waals surface area contributed by atoms with Gasteiger partial charge in [-0.05, 0) is 51.9 Å². The number of likely N-dealkylation sites (N-methyl/N-ethyl adjacent to an activating group) is 1. The standard InChI is InChI=1S/C21H37N5O/c1-18-9-5-6-10-20(18)27-19(2)17-24-21(22-3)23-11-7-8-12-26-15-13-25(4)14-16-26/h5-6,9-10,19H,7-8,11-17H2,1-4H3,(H2,22,23,24). The van der Waals surface area contributed by atoms with E-state index in [4.69, 9.17) is 4.74 Å². The minimum atomic E-state index is 0.0712. The van der Waals surface area contributed by atoms with Crippen LogP contribution in [0.3, 0.4) is 0 Å². The maximum Gasteiger partial charge on any atom is 0.191 e. The van der Waals surface area contributed by atoms with E-state index < -0.39 is 0 Å². The molecule has 1 aliphatic rings. The molecule has 6 nitrogen and oxygen atoms in total. The maximum atomic E-state index is 6.00. The van der Waals surface area contributed by atoms with Crippen molar-refractivity contribution >= 4 is 5.96 Å². The zero-order chi connectivity index (χ0) is 19.5. The van der Waals surface area contributed by atoms with Gasteiger partial charge in [0.15, 0.2) is 5.96 Å². The van der Waals surface area contributed by atoms with Crippen LogP contribution in [0.4, 0.5) is 0 Å². The highest BCUT2D eigenvalue weighted by Gasteiger charge is 2.12. The van der Waals surface area contributed by atoms with E-state index in [0.29, 0.717) is 0 Å². The molecule has 1 aromatic rings. The lowest BCUT2D eigenvalue weighted by Gasteiger charge is -2.32. The van der Waals surface area contributed by atoms with Crippen molar-refractivity contribution in [2.45, 2.75) is 32.8 Å². The van der Waals surface area contributed by atoms with Crippen molar-refractivity contribution in [2.75, 3.05) is 59.9 Å². The molecule has 0 amide bonds. The molecular weight excluding hydrogens is 338 g/mol. The summed E-state index contributed by atoms with van der Waals surface area (Å²) in [5.41, 5.74) is 1.16. The monoisotopic (exact) mass is 375 g/mol. The normalized spacial score (nSPS) is 17.6. The van der Waals surface area contributed by atoms with E-state index in [9.17, 15) is 0 Å². The molecule has 1 unspecified atom stereocenters. The topological polar surface area (TPSA) is 52.1 Å². The quantitative estimate of drug-likeness (QED) is 0.393. The fraction of sp³-hybridized carbons (Fsp3) is 0.667. The van der Waals surface area contributed by atoms with Gasteiger partial charge in [0.05, 0.1) is 6.54 Å². The van der Waals surface area contributed by atoms with Crippen LogP contribution < -0.4 is 15.4 Å². The lowest BCUT2D eigenvalue weighted by Crippen LogP contribution is -2.45. The van der Waals surface area contributed by atoms with Crippen molar-refractivity contribution in [2.24, 2.45) is 4.99 Å². The summed E-state index contributed by atoms with van der Waals surface area (Å²) in [5.74, 6) is 1.79. The van der Waals surface area contributed by atoms with Crippen LogP contribution in [0.1, 0.15) is 25.3 Å². The van der Waals surface area contributed by atoms with E-state index in [1.54, 1.807) is 0 Å². The maximum absolute atomic E-state index is 6.00. The SMILES string of the molecule is CN=C(NCCCCN1CCN(C)CC1)NCC(C)Oc1ccccc1C. The summed E-state index contributed by atoms with van der Waals surface area (Å²) in [5, 5.41) is 6.75. The minimum absolute atomic E-state index is 0.0712. The highest BCUT2D eigenvalue weighted by atomic mass is 16.5. The van der Waals surface area contributed by atoms with E-state index >= 15 is 0 Å². The van der Waals surface area contributed by atoms with Crippen molar-refractivity contribution in [3.63, 3.8) is 0 Å². The number of aryl methyl sites for hydroxylation is 1. The Morgan fingerprint density at radius 3 is 2.59 bits per heavy atom. The summed E-state index contributed by atoms with van der Waals surface area (Å²) in [4.78, 5) is 9.27. The van der Waals surface area contributed by atoms with Crippen molar-refractivity contribution in [3.05, 3.63) is 29.8 Å². The van der Waals surface area contributed by atoms with Gasteiger partial charge < -0.3 is 25.2 Å². The summed E-state index contributed by atoms with van der Waals surface area (Å²) in [7, 11) is 4.01. The lowest BCUT2D eigenvalue weighted by atomic mass is 10.2. The van der Waals surface area contributed by atoms with Gasteiger partial charge in [-0.15, -0.1) is 0 Å². The molecular formula is C21H37N5O. The Morgan fingerprint density at radius 1 is 1.15 bits per heavy atom. The third kappa shape index (κ3) is 8.18. The molecule has 0 bridgehead atoms. The van der Waals surface area contributed by atoms with Gasteiger partial charge in [-0.3, -0.25) is 4.99 Å². The second-order valence-electron chi connectivity index (χ2n) is 7.43. The van der Waals surface area contributed by atoms with Gasteiger partial charge in [-0.2, -0.15) is 0 Å². The highest BCUT2D eigenvalue weighted by molar-refractivity contribution is 5.79. The molecule has 0 saturated carbocycles. The molecule has 2 N–H and O–H groups in total. The molecule has 1 aromatic carbocycles. The number of unbranched alkanes of at least 4 members (excludes halogenated alkanes) is 1. The Labute approximate surface area is 165 Å².